The number of likely N-dealkylation sites (tertiary alicyclic amines) is 2. The van der Waals surface area contributed by atoms with Crippen LogP contribution in [0.2, 0.25) is 0 Å². The maximum absolute atomic E-state index is 5.60. The van der Waals surface area contributed by atoms with Crippen LogP contribution in [-0.4, -0.2) is 49.7 Å². The zero-order valence-electron chi connectivity index (χ0n) is 15.0. The quantitative estimate of drug-likeness (QED) is 0.785. The van der Waals surface area contributed by atoms with Crippen molar-refractivity contribution in [2.75, 3.05) is 39.9 Å². The van der Waals surface area contributed by atoms with E-state index in [1.165, 1.54) is 49.5 Å². The Kier molecular flexibility index (Phi) is 5.27. The molecule has 2 aliphatic rings. The third-order valence-corrected chi connectivity index (χ3v) is 6.91. The van der Waals surface area contributed by atoms with Gasteiger partial charge in [0.2, 0.25) is 0 Å². The molecule has 25 heavy (non-hydrogen) atoms. The maximum Gasteiger partial charge on any atom is 0.0947 e. The molecule has 0 radical (unpaired) electrons. The van der Waals surface area contributed by atoms with Crippen LogP contribution in [0.3, 0.4) is 0 Å². The van der Waals surface area contributed by atoms with Gasteiger partial charge in [0.25, 0.3) is 0 Å². The average Bonchev–Trinajstić information content (AvgIpc) is 3.34. The standard InChI is InChI=1S/C20H28N2O2S/c1-23-15-18-12-22(13-19-3-2-10-25-19)16-20(18)5-7-21(8-6-20)11-17-4-9-24-14-17/h2-4,9-10,14,18H,5-8,11-13,15-16H2,1H3/t18-/m0/s1. The number of hydrogen-bond donors (Lipinski definition) is 0. The van der Waals surface area contributed by atoms with Gasteiger partial charge in [0.05, 0.1) is 19.1 Å². The Balaban J connectivity index is 1.38. The summed E-state index contributed by atoms with van der Waals surface area (Å²) in [6, 6.07) is 6.50. The first-order chi connectivity index (χ1) is 12.3. The second-order valence-electron chi connectivity index (χ2n) is 7.67. The molecule has 0 aliphatic carbocycles. The highest BCUT2D eigenvalue weighted by molar-refractivity contribution is 7.09. The third kappa shape index (κ3) is 3.85. The third-order valence-electron chi connectivity index (χ3n) is 6.05. The van der Waals surface area contributed by atoms with Crippen LogP contribution in [0.25, 0.3) is 0 Å². The fourth-order valence-corrected chi connectivity index (χ4v) is 5.43. The molecule has 2 aromatic rings. The fraction of sp³-hybridized carbons (Fsp3) is 0.600. The van der Waals surface area contributed by atoms with Crippen molar-refractivity contribution in [2.45, 2.75) is 25.9 Å². The van der Waals surface area contributed by atoms with Crippen molar-refractivity contribution >= 4 is 11.3 Å². The maximum atomic E-state index is 5.60. The molecule has 4 rings (SSSR count). The number of nitrogens with zero attached hydrogens (tertiary/aromatic N) is 2. The van der Waals surface area contributed by atoms with Gasteiger partial charge in [-0.05, 0) is 48.9 Å². The van der Waals surface area contributed by atoms with Gasteiger partial charge in [0, 0.05) is 49.6 Å². The largest absolute Gasteiger partial charge is 0.472 e. The van der Waals surface area contributed by atoms with E-state index >= 15 is 0 Å². The predicted octanol–water partition coefficient (Wildman–Crippen LogP) is 3.70. The number of methoxy groups -OCH3 is 1. The summed E-state index contributed by atoms with van der Waals surface area (Å²) in [6.07, 6.45) is 6.20. The minimum Gasteiger partial charge on any atom is -0.472 e. The minimum atomic E-state index is 0.431. The van der Waals surface area contributed by atoms with Crippen molar-refractivity contribution < 1.29 is 9.15 Å². The van der Waals surface area contributed by atoms with Gasteiger partial charge >= 0.3 is 0 Å². The summed E-state index contributed by atoms with van der Waals surface area (Å²) in [5.74, 6) is 0.661. The average molecular weight is 361 g/mol. The highest BCUT2D eigenvalue weighted by Crippen LogP contribution is 2.45. The van der Waals surface area contributed by atoms with E-state index in [2.05, 4.69) is 33.4 Å². The summed E-state index contributed by atoms with van der Waals surface area (Å²) < 4.78 is 10.8. The van der Waals surface area contributed by atoms with E-state index in [0.29, 0.717) is 11.3 Å². The van der Waals surface area contributed by atoms with E-state index in [1.54, 1.807) is 6.26 Å². The molecule has 4 nitrogen and oxygen atoms in total. The summed E-state index contributed by atoms with van der Waals surface area (Å²) in [7, 11) is 1.85. The minimum absolute atomic E-state index is 0.431. The molecule has 0 aromatic carbocycles. The number of hydrogen-bond acceptors (Lipinski definition) is 5. The summed E-state index contributed by atoms with van der Waals surface area (Å²) >= 11 is 1.87. The van der Waals surface area contributed by atoms with Crippen LogP contribution in [0.1, 0.15) is 23.3 Å². The number of ether oxygens (including phenoxy) is 1. The molecule has 1 atom stereocenters. The van der Waals surface area contributed by atoms with Gasteiger partial charge in [0.15, 0.2) is 0 Å². The highest BCUT2D eigenvalue weighted by atomic mass is 32.1. The molecule has 2 saturated heterocycles. The molecule has 0 bridgehead atoms. The lowest BCUT2D eigenvalue weighted by molar-refractivity contribution is 0.0350. The van der Waals surface area contributed by atoms with E-state index in [4.69, 9.17) is 9.15 Å². The first-order valence-electron chi connectivity index (χ1n) is 9.24. The van der Waals surface area contributed by atoms with Crippen molar-refractivity contribution in [1.29, 1.82) is 0 Å². The molecule has 5 heteroatoms. The van der Waals surface area contributed by atoms with E-state index in [1.807, 2.05) is 24.7 Å². The lowest BCUT2D eigenvalue weighted by Gasteiger charge is -2.42. The first kappa shape index (κ1) is 17.3. The molecular formula is C20H28N2O2S. The molecule has 1 spiro atoms. The van der Waals surface area contributed by atoms with Crippen LogP contribution in [-0.2, 0) is 17.8 Å². The number of piperidine rings is 1. The number of thiophene rings is 1. The Bertz CT molecular complexity index is 633. The molecular weight excluding hydrogens is 332 g/mol. The molecule has 136 valence electrons. The summed E-state index contributed by atoms with van der Waals surface area (Å²) in [6.45, 7) is 7.75. The normalized spacial score (nSPS) is 24.3. The van der Waals surface area contributed by atoms with Gasteiger partial charge in [-0.15, -0.1) is 11.3 Å². The second-order valence-corrected chi connectivity index (χ2v) is 8.70. The summed E-state index contributed by atoms with van der Waals surface area (Å²) in [4.78, 5) is 6.70. The van der Waals surface area contributed by atoms with Crippen molar-refractivity contribution in [3.63, 3.8) is 0 Å². The Labute approximate surface area is 154 Å². The van der Waals surface area contributed by atoms with Crippen molar-refractivity contribution in [2.24, 2.45) is 11.3 Å². The second kappa shape index (κ2) is 7.62. The summed E-state index contributed by atoms with van der Waals surface area (Å²) in [5, 5.41) is 2.18. The summed E-state index contributed by atoms with van der Waals surface area (Å²) in [5.41, 5.74) is 1.72. The SMILES string of the molecule is COC[C@@H]1CN(Cc2cccs2)CC12CCN(Cc1ccoc1)CC2. The zero-order chi connectivity index (χ0) is 17.1. The number of rotatable bonds is 6. The fourth-order valence-electron chi connectivity index (χ4n) is 4.68. The van der Waals surface area contributed by atoms with Gasteiger partial charge in [0.1, 0.15) is 0 Å². The van der Waals surface area contributed by atoms with Crippen LogP contribution in [0.15, 0.2) is 40.5 Å². The zero-order valence-corrected chi connectivity index (χ0v) is 15.8. The van der Waals surface area contributed by atoms with E-state index < -0.39 is 0 Å². The van der Waals surface area contributed by atoms with Gasteiger partial charge in [-0.2, -0.15) is 0 Å². The first-order valence-corrected chi connectivity index (χ1v) is 10.1. The van der Waals surface area contributed by atoms with Crippen molar-refractivity contribution in [3.05, 3.63) is 46.5 Å². The molecule has 0 amide bonds. The smallest absolute Gasteiger partial charge is 0.0947 e. The van der Waals surface area contributed by atoms with E-state index in [0.717, 1.165) is 19.7 Å². The molecule has 0 N–H and O–H groups in total. The lowest BCUT2D eigenvalue weighted by atomic mass is 9.71. The molecule has 4 heterocycles. The van der Waals surface area contributed by atoms with E-state index in [-0.39, 0.29) is 0 Å². The Hall–Kier alpha value is -1.14. The van der Waals surface area contributed by atoms with Gasteiger partial charge in [-0.3, -0.25) is 9.80 Å². The van der Waals surface area contributed by atoms with Crippen LogP contribution in [0, 0.1) is 11.3 Å². The van der Waals surface area contributed by atoms with Crippen LogP contribution < -0.4 is 0 Å². The molecule has 2 aromatic heterocycles. The van der Waals surface area contributed by atoms with Crippen LogP contribution in [0.4, 0.5) is 0 Å². The van der Waals surface area contributed by atoms with Crippen molar-refractivity contribution in [1.82, 2.24) is 9.80 Å². The molecule has 2 fully saturated rings. The Morgan fingerprint density at radius 3 is 2.80 bits per heavy atom. The Morgan fingerprint density at radius 2 is 2.12 bits per heavy atom. The highest BCUT2D eigenvalue weighted by Gasteiger charge is 2.47. The van der Waals surface area contributed by atoms with Crippen molar-refractivity contribution in [3.8, 4) is 0 Å². The lowest BCUT2D eigenvalue weighted by Crippen LogP contribution is -2.44. The van der Waals surface area contributed by atoms with Gasteiger partial charge in [-0.1, -0.05) is 6.07 Å². The van der Waals surface area contributed by atoms with E-state index in [9.17, 15) is 0 Å². The van der Waals surface area contributed by atoms with Crippen LogP contribution >= 0.6 is 11.3 Å². The van der Waals surface area contributed by atoms with Gasteiger partial charge in [-0.25, -0.2) is 0 Å². The number of furan rings is 1. The molecule has 2 aliphatic heterocycles. The Morgan fingerprint density at radius 1 is 1.24 bits per heavy atom. The monoisotopic (exact) mass is 360 g/mol. The molecule has 0 saturated carbocycles. The topological polar surface area (TPSA) is 28.9 Å². The predicted molar refractivity (Wildman–Crippen MR) is 101 cm³/mol. The molecule has 0 unspecified atom stereocenters. The van der Waals surface area contributed by atoms with Crippen LogP contribution in [0.5, 0.6) is 0 Å². The van der Waals surface area contributed by atoms with Gasteiger partial charge < -0.3 is 9.15 Å².